The van der Waals surface area contributed by atoms with Crippen LogP contribution < -0.4 is 5.32 Å². The molecule has 2 N–H and O–H groups in total. The quantitative estimate of drug-likeness (QED) is 0.844. The highest BCUT2D eigenvalue weighted by Crippen LogP contribution is 2.22. The van der Waals surface area contributed by atoms with E-state index in [4.69, 9.17) is 0 Å². The van der Waals surface area contributed by atoms with Crippen LogP contribution in [0.4, 0.5) is 0 Å². The van der Waals surface area contributed by atoms with E-state index in [2.05, 4.69) is 61.6 Å². The van der Waals surface area contributed by atoms with Crippen LogP contribution in [0.15, 0.2) is 42.5 Å². The molecule has 0 aliphatic rings. The second-order valence-corrected chi connectivity index (χ2v) is 6.34. The summed E-state index contributed by atoms with van der Waals surface area (Å²) < 4.78 is 0. The molecular weight excluding hydrogens is 246 g/mol. The molecule has 20 heavy (non-hydrogen) atoms. The summed E-state index contributed by atoms with van der Waals surface area (Å²) >= 11 is 0. The molecule has 108 valence electrons. The van der Waals surface area contributed by atoms with Crippen molar-refractivity contribution in [2.24, 2.45) is 5.92 Å². The number of hydrogen-bond donors (Lipinski definition) is 2. The smallest absolute Gasteiger partial charge is 0.0783 e. The fraction of sp³-hybridized carbons (Fsp3) is 0.444. The number of benzene rings is 2. The molecule has 0 saturated carbocycles. The predicted octanol–water partition coefficient (Wildman–Crippen LogP) is 3.38. The minimum absolute atomic E-state index is 0.600. The molecule has 2 aromatic carbocycles. The second-order valence-electron chi connectivity index (χ2n) is 6.34. The van der Waals surface area contributed by atoms with Crippen molar-refractivity contribution in [1.82, 2.24) is 5.32 Å². The van der Waals surface area contributed by atoms with Gasteiger partial charge in [0.15, 0.2) is 0 Å². The Morgan fingerprint density at radius 1 is 1.10 bits per heavy atom. The Hall–Kier alpha value is -1.38. The third-order valence-electron chi connectivity index (χ3n) is 3.51. The van der Waals surface area contributed by atoms with Crippen LogP contribution in [0.25, 0.3) is 10.8 Å². The van der Waals surface area contributed by atoms with Gasteiger partial charge in [-0.15, -0.1) is 0 Å². The lowest BCUT2D eigenvalue weighted by molar-refractivity contribution is 0.0599. The Morgan fingerprint density at radius 3 is 2.55 bits per heavy atom. The highest BCUT2D eigenvalue weighted by atomic mass is 16.3. The van der Waals surface area contributed by atoms with Gasteiger partial charge in [-0.05, 0) is 35.7 Å². The average molecular weight is 271 g/mol. The van der Waals surface area contributed by atoms with Crippen LogP contribution in [0.2, 0.25) is 0 Å². The van der Waals surface area contributed by atoms with Crippen molar-refractivity contribution in [3.63, 3.8) is 0 Å². The van der Waals surface area contributed by atoms with Crippen molar-refractivity contribution in [2.45, 2.75) is 32.8 Å². The molecule has 0 aromatic heterocycles. The van der Waals surface area contributed by atoms with E-state index in [-0.39, 0.29) is 0 Å². The Labute approximate surface area is 121 Å². The average Bonchev–Trinajstić information content (AvgIpc) is 2.38. The Balaban J connectivity index is 2.10. The zero-order chi connectivity index (χ0) is 14.6. The van der Waals surface area contributed by atoms with E-state index in [1.54, 1.807) is 0 Å². The molecule has 2 aromatic rings. The van der Waals surface area contributed by atoms with Crippen LogP contribution in [0.1, 0.15) is 26.3 Å². The maximum Gasteiger partial charge on any atom is 0.0783 e. The van der Waals surface area contributed by atoms with Gasteiger partial charge in [0.05, 0.1) is 5.60 Å². The summed E-state index contributed by atoms with van der Waals surface area (Å²) in [5, 5.41) is 16.4. The molecule has 1 atom stereocenters. The Bertz CT molecular complexity index is 555. The fourth-order valence-corrected chi connectivity index (χ4v) is 2.55. The zero-order valence-corrected chi connectivity index (χ0v) is 12.7. The van der Waals surface area contributed by atoms with Crippen molar-refractivity contribution in [1.29, 1.82) is 0 Å². The van der Waals surface area contributed by atoms with Crippen molar-refractivity contribution in [3.8, 4) is 0 Å². The number of fused-ring (bicyclic) bond motifs is 1. The molecule has 0 fully saturated rings. The molecule has 2 heteroatoms. The number of hydrogen-bond acceptors (Lipinski definition) is 2. The van der Waals surface area contributed by atoms with Gasteiger partial charge in [-0.3, -0.25) is 0 Å². The summed E-state index contributed by atoms with van der Waals surface area (Å²) in [6, 6.07) is 14.6. The maximum atomic E-state index is 10.6. The number of aliphatic hydroxyl groups is 1. The molecule has 0 aliphatic carbocycles. The van der Waals surface area contributed by atoms with Crippen LogP contribution in [0.5, 0.6) is 0 Å². The van der Waals surface area contributed by atoms with E-state index < -0.39 is 5.60 Å². The van der Waals surface area contributed by atoms with Gasteiger partial charge in [0.2, 0.25) is 0 Å². The Kier molecular flexibility index (Phi) is 4.79. The lowest BCUT2D eigenvalue weighted by Gasteiger charge is -2.25. The molecule has 0 heterocycles. The molecular formula is C18H25NO. The third kappa shape index (κ3) is 4.06. The van der Waals surface area contributed by atoms with Crippen LogP contribution >= 0.6 is 0 Å². The topological polar surface area (TPSA) is 32.3 Å². The van der Waals surface area contributed by atoms with Gasteiger partial charge in [-0.1, -0.05) is 56.3 Å². The number of rotatable bonds is 6. The normalized spacial score (nSPS) is 14.7. The molecule has 1 unspecified atom stereocenters. The van der Waals surface area contributed by atoms with Gasteiger partial charge in [-0.2, -0.15) is 0 Å². The van der Waals surface area contributed by atoms with E-state index in [0.717, 1.165) is 6.54 Å². The third-order valence-corrected chi connectivity index (χ3v) is 3.51. The second kappa shape index (κ2) is 6.38. The lowest BCUT2D eigenvalue weighted by Crippen LogP contribution is -2.40. The molecule has 0 radical (unpaired) electrons. The van der Waals surface area contributed by atoms with E-state index in [0.29, 0.717) is 18.9 Å². The first-order valence-corrected chi connectivity index (χ1v) is 7.38. The fourth-order valence-electron chi connectivity index (χ4n) is 2.55. The van der Waals surface area contributed by atoms with Crippen LogP contribution in [-0.4, -0.2) is 23.8 Å². The van der Waals surface area contributed by atoms with E-state index in [1.165, 1.54) is 16.3 Å². The van der Waals surface area contributed by atoms with Crippen LogP contribution in [0.3, 0.4) is 0 Å². The largest absolute Gasteiger partial charge is 0.389 e. The van der Waals surface area contributed by atoms with Gasteiger partial charge < -0.3 is 10.4 Å². The van der Waals surface area contributed by atoms with Gasteiger partial charge in [-0.25, -0.2) is 0 Å². The number of nitrogens with one attached hydrogen (secondary N) is 1. The van der Waals surface area contributed by atoms with E-state index in [1.807, 2.05) is 6.92 Å². The highest BCUT2D eigenvalue weighted by molar-refractivity contribution is 5.85. The van der Waals surface area contributed by atoms with Crippen LogP contribution in [-0.2, 0) is 6.42 Å². The molecule has 0 spiro atoms. The molecule has 0 aliphatic heterocycles. The predicted molar refractivity (Wildman–Crippen MR) is 86.0 cm³/mol. The van der Waals surface area contributed by atoms with E-state index in [9.17, 15) is 5.11 Å². The summed E-state index contributed by atoms with van der Waals surface area (Å²) in [5.74, 6) is 0.600. The monoisotopic (exact) mass is 271 g/mol. The summed E-state index contributed by atoms with van der Waals surface area (Å²) in [6.07, 6.45) is 0.666. The SMILES string of the molecule is CC(C)CNCC(C)(O)Cc1cccc2ccccc12. The molecule has 0 amide bonds. The first-order chi connectivity index (χ1) is 9.48. The van der Waals surface area contributed by atoms with Gasteiger partial charge in [0, 0.05) is 13.0 Å². The van der Waals surface area contributed by atoms with Crippen molar-refractivity contribution in [3.05, 3.63) is 48.0 Å². The molecule has 2 rings (SSSR count). The summed E-state index contributed by atoms with van der Waals surface area (Å²) in [7, 11) is 0. The van der Waals surface area contributed by atoms with Crippen molar-refractivity contribution in [2.75, 3.05) is 13.1 Å². The summed E-state index contributed by atoms with van der Waals surface area (Å²) in [6.45, 7) is 7.81. The minimum atomic E-state index is -0.723. The molecule has 2 nitrogen and oxygen atoms in total. The highest BCUT2D eigenvalue weighted by Gasteiger charge is 2.21. The summed E-state index contributed by atoms with van der Waals surface area (Å²) in [4.78, 5) is 0. The minimum Gasteiger partial charge on any atom is -0.389 e. The standard InChI is InChI=1S/C18H25NO/c1-14(2)12-19-13-18(3,20)11-16-9-6-8-15-7-4-5-10-17(15)16/h4-10,14,19-20H,11-13H2,1-3H3. The van der Waals surface area contributed by atoms with Gasteiger partial charge in [0.1, 0.15) is 0 Å². The van der Waals surface area contributed by atoms with E-state index >= 15 is 0 Å². The van der Waals surface area contributed by atoms with Crippen molar-refractivity contribution >= 4 is 10.8 Å². The van der Waals surface area contributed by atoms with Crippen LogP contribution in [0, 0.1) is 5.92 Å². The first-order valence-electron chi connectivity index (χ1n) is 7.38. The molecule has 0 saturated heterocycles. The Morgan fingerprint density at radius 2 is 1.80 bits per heavy atom. The van der Waals surface area contributed by atoms with Crippen molar-refractivity contribution < 1.29 is 5.11 Å². The maximum absolute atomic E-state index is 10.6. The lowest BCUT2D eigenvalue weighted by atomic mass is 9.92. The van der Waals surface area contributed by atoms with Gasteiger partial charge in [0.25, 0.3) is 0 Å². The zero-order valence-electron chi connectivity index (χ0n) is 12.7. The van der Waals surface area contributed by atoms with Gasteiger partial charge >= 0.3 is 0 Å². The summed E-state index contributed by atoms with van der Waals surface area (Å²) in [5.41, 5.74) is 0.485. The first kappa shape index (κ1) is 15.0. The molecule has 0 bridgehead atoms.